The van der Waals surface area contributed by atoms with E-state index in [1.54, 1.807) is 13.8 Å². The molecule has 0 N–H and O–H groups in total. The van der Waals surface area contributed by atoms with Crippen LogP contribution in [0, 0.1) is 0 Å². The van der Waals surface area contributed by atoms with Crippen molar-refractivity contribution in [1.29, 1.82) is 0 Å². The molecule has 0 aromatic carbocycles. The summed E-state index contributed by atoms with van der Waals surface area (Å²) in [4.78, 5) is 21.6. The zero-order chi connectivity index (χ0) is 9.56. The third-order valence-electron chi connectivity index (χ3n) is 1.19. The van der Waals surface area contributed by atoms with Crippen LogP contribution in [-0.2, 0) is 14.3 Å². The standard InChI is InChI=1S/C9H12O3/c1-4-6-7(3)9(11)12-8(10)5-2/h4,6H,1,5H2,2-3H3. The third-order valence-corrected chi connectivity index (χ3v) is 1.19. The molecule has 0 saturated carbocycles. The fourth-order valence-corrected chi connectivity index (χ4v) is 0.501. The topological polar surface area (TPSA) is 43.4 Å². The number of carbonyl (C=O) groups excluding carboxylic acids is 2. The van der Waals surface area contributed by atoms with E-state index in [9.17, 15) is 9.59 Å². The molecule has 0 fully saturated rings. The molecular weight excluding hydrogens is 156 g/mol. The van der Waals surface area contributed by atoms with Gasteiger partial charge in [-0.05, 0) is 6.92 Å². The van der Waals surface area contributed by atoms with Crippen molar-refractivity contribution in [2.24, 2.45) is 0 Å². The number of ether oxygens (including phenoxy) is 1. The summed E-state index contributed by atoms with van der Waals surface area (Å²) in [6, 6.07) is 0. The van der Waals surface area contributed by atoms with Gasteiger partial charge in [-0.3, -0.25) is 4.79 Å². The van der Waals surface area contributed by atoms with Gasteiger partial charge in [0.15, 0.2) is 0 Å². The Balaban J connectivity index is 4.13. The number of hydrogen-bond acceptors (Lipinski definition) is 3. The van der Waals surface area contributed by atoms with Gasteiger partial charge < -0.3 is 4.74 Å². The predicted molar refractivity (Wildman–Crippen MR) is 45.3 cm³/mol. The molecule has 3 heteroatoms. The van der Waals surface area contributed by atoms with E-state index in [4.69, 9.17) is 0 Å². The molecule has 0 spiro atoms. The second-order valence-corrected chi connectivity index (χ2v) is 2.20. The van der Waals surface area contributed by atoms with Gasteiger partial charge in [0.05, 0.1) is 0 Å². The second-order valence-electron chi connectivity index (χ2n) is 2.20. The highest BCUT2D eigenvalue weighted by atomic mass is 16.6. The van der Waals surface area contributed by atoms with Gasteiger partial charge in [0, 0.05) is 12.0 Å². The smallest absolute Gasteiger partial charge is 0.341 e. The zero-order valence-electron chi connectivity index (χ0n) is 7.29. The lowest BCUT2D eigenvalue weighted by molar-refractivity contribution is -0.156. The monoisotopic (exact) mass is 168 g/mol. The fourth-order valence-electron chi connectivity index (χ4n) is 0.501. The molecule has 0 aliphatic heterocycles. The van der Waals surface area contributed by atoms with Gasteiger partial charge in [-0.25, -0.2) is 4.79 Å². The SMILES string of the molecule is C=CC=C(C)C(=O)OC(=O)CC. The maximum atomic E-state index is 10.9. The number of allylic oxidation sites excluding steroid dienone is 2. The molecule has 0 radical (unpaired) electrons. The molecule has 0 aliphatic carbocycles. The van der Waals surface area contributed by atoms with Gasteiger partial charge in [-0.1, -0.05) is 25.7 Å². The average molecular weight is 168 g/mol. The summed E-state index contributed by atoms with van der Waals surface area (Å²) < 4.78 is 4.42. The summed E-state index contributed by atoms with van der Waals surface area (Å²) in [5, 5.41) is 0. The summed E-state index contributed by atoms with van der Waals surface area (Å²) in [5.74, 6) is -1.13. The first-order valence-corrected chi connectivity index (χ1v) is 3.66. The molecule has 0 amide bonds. The lowest BCUT2D eigenvalue weighted by atomic mass is 10.3. The normalized spacial score (nSPS) is 10.7. The molecule has 0 heterocycles. The Morgan fingerprint density at radius 2 is 2.08 bits per heavy atom. The molecule has 0 rings (SSSR count). The van der Waals surface area contributed by atoms with Crippen LogP contribution < -0.4 is 0 Å². The Morgan fingerprint density at radius 3 is 2.50 bits per heavy atom. The van der Waals surface area contributed by atoms with Crippen molar-refractivity contribution in [3.8, 4) is 0 Å². The summed E-state index contributed by atoms with van der Waals surface area (Å²) in [7, 11) is 0. The van der Waals surface area contributed by atoms with Crippen LogP contribution in [0.15, 0.2) is 24.3 Å². The summed E-state index contributed by atoms with van der Waals surface area (Å²) in [5.41, 5.74) is 0.367. The minimum absolute atomic E-state index is 0.201. The van der Waals surface area contributed by atoms with Gasteiger partial charge >= 0.3 is 11.9 Å². The van der Waals surface area contributed by atoms with Crippen LogP contribution in [0.4, 0.5) is 0 Å². The molecule has 12 heavy (non-hydrogen) atoms. The molecular formula is C9H12O3. The van der Waals surface area contributed by atoms with Gasteiger partial charge in [0.2, 0.25) is 0 Å². The Labute approximate surface area is 71.7 Å². The van der Waals surface area contributed by atoms with E-state index in [-0.39, 0.29) is 6.42 Å². The van der Waals surface area contributed by atoms with E-state index in [2.05, 4.69) is 11.3 Å². The van der Waals surface area contributed by atoms with Gasteiger partial charge in [0.25, 0.3) is 0 Å². The van der Waals surface area contributed by atoms with E-state index >= 15 is 0 Å². The number of rotatable bonds is 3. The molecule has 0 saturated heterocycles. The van der Waals surface area contributed by atoms with Gasteiger partial charge in [0.1, 0.15) is 0 Å². The molecule has 0 unspecified atom stereocenters. The molecule has 3 nitrogen and oxygen atoms in total. The number of carbonyl (C=O) groups is 2. The van der Waals surface area contributed by atoms with Crippen molar-refractivity contribution >= 4 is 11.9 Å². The van der Waals surface area contributed by atoms with Crippen LogP contribution >= 0.6 is 0 Å². The Bertz CT molecular complexity index is 226. The first-order chi connectivity index (χ1) is 5.61. The summed E-state index contributed by atoms with van der Waals surface area (Å²) >= 11 is 0. The van der Waals surface area contributed by atoms with Crippen LogP contribution in [0.1, 0.15) is 20.3 Å². The quantitative estimate of drug-likeness (QED) is 0.278. The summed E-state index contributed by atoms with van der Waals surface area (Å²) in [6.07, 6.45) is 3.16. The van der Waals surface area contributed by atoms with Crippen molar-refractivity contribution in [1.82, 2.24) is 0 Å². The van der Waals surface area contributed by atoms with Crippen LogP contribution in [-0.4, -0.2) is 11.9 Å². The van der Waals surface area contributed by atoms with Crippen LogP contribution in [0.3, 0.4) is 0 Å². The lowest BCUT2D eigenvalue weighted by Gasteiger charge is -1.99. The maximum absolute atomic E-state index is 10.9. The van der Waals surface area contributed by atoms with Crippen LogP contribution in [0.5, 0.6) is 0 Å². The maximum Gasteiger partial charge on any atom is 0.341 e. The molecule has 66 valence electrons. The molecule has 0 atom stereocenters. The Hall–Kier alpha value is -1.38. The predicted octanol–water partition coefficient (Wildman–Crippen LogP) is 1.60. The molecule has 0 bridgehead atoms. The Morgan fingerprint density at radius 1 is 1.50 bits per heavy atom. The van der Waals surface area contributed by atoms with Gasteiger partial charge in [-0.2, -0.15) is 0 Å². The van der Waals surface area contributed by atoms with Crippen molar-refractivity contribution in [3.05, 3.63) is 24.3 Å². The van der Waals surface area contributed by atoms with E-state index in [0.29, 0.717) is 5.57 Å². The van der Waals surface area contributed by atoms with E-state index < -0.39 is 11.9 Å². The van der Waals surface area contributed by atoms with Crippen molar-refractivity contribution in [3.63, 3.8) is 0 Å². The average Bonchev–Trinajstić information content (AvgIpc) is 2.04. The van der Waals surface area contributed by atoms with Crippen molar-refractivity contribution in [2.75, 3.05) is 0 Å². The second kappa shape index (κ2) is 5.29. The fraction of sp³-hybridized carbons (Fsp3) is 0.333. The highest BCUT2D eigenvalue weighted by Gasteiger charge is 2.08. The van der Waals surface area contributed by atoms with Crippen molar-refractivity contribution < 1.29 is 14.3 Å². The van der Waals surface area contributed by atoms with E-state index in [1.807, 2.05) is 0 Å². The van der Waals surface area contributed by atoms with Crippen LogP contribution in [0.25, 0.3) is 0 Å². The number of esters is 2. The largest absolute Gasteiger partial charge is 0.390 e. The third kappa shape index (κ3) is 3.71. The minimum Gasteiger partial charge on any atom is -0.390 e. The summed E-state index contributed by atoms with van der Waals surface area (Å²) in [6.45, 7) is 6.60. The first-order valence-electron chi connectivity index (χ1n) is 3.66. The molecule has 0 aromatic heterocycles. The van der Waals surface area contributed by atoms with E-state index in [1.165, 1.54) is 12.2 Å². The van der Waals surface area contributed by atoms with Crippen molar-refractivity contribution in [2.45, 2.75) is 20.3 Å². The highest BCUT2D eigenvalue weighted by Crippen LogP contribution is 1.98. The van der Waals surface area contributed by atoms with Gasteiger partial charge in [-0.15, -0.1) is 0 Å². The molecule has 0 aromatic rings. The Kier molecular flexibility index (Phi) is 4.69. The van der Waals surface area contributed by atoms with E-state index in [0.717, 1.165) is 0 Å². The first kappa shape index (κ1) is 10.6. The minimum atomic E-state index is -0.609. The lowest BCUT2D eigenvalue weighted by Crippen LogP contribution is -2.11. The zero-order valence-corrected chi connectivity index (χ0v) is 7.29. The highest BCUT2D eigenvalue weighted by molar-refractivity contribution is 5.95. The number of hydrogen-bond donors (Lipinski definition) is 0. The van der Waals surface area contributed by atoms with Crippen LogP contribution in [0.2, 0.25) is 0 Å². The molecule has 0 aliphatic rings.